The van der Waals surface area contributed by atoms with Crippen molar-refractivity contribution in [2.24, 2.45) is 0 Å². The molecule has 0 amide bonds. The molecule has 1 nitrogen and oxygen atoms in total. The van der Waals surface area contributed by atoms with Crippen molar-refractivity contribution in [1.29, 1.82) is 0 Å². The molecule has 0 radical (unpaired) electrons. The molecule has 0 saturated carbocycles. The molecular weight excluding hydrogens is 118 g/mol. The average molecular weight is 133 g/mol. The van der Waals surface area contributed by atoms with Gasteiger partial charge in [-0.2, -0.15) is 0 Å². The van der Waals surface area contributed by atoms with Gasteiger partial charge in [-0.15, -0.1) is 11.8 Å². The number of rotatable bonds is 4. The van der Waals surface area contributed by atoms with Gasteiger partial charge < -0.3 is 5.32 Å². The molecule has 0 aliphatic heterocycles. The van der Waals surface area contributed by atoms with Crippen molar-refractivity contribution >= 4 is 11.8 Å². The van der Waals surface area contributed by atoms with Crippen LogP contribution in [0.3, 0.4) is 0 Å². The highest BCUT2D eigenvalue weighted by Gasteiger charge is 1.92. The van der Waals surface area contributed by atoms with E-state index in [1.165, 1.54) is 6.42 Å². The quantitative estimate of drug-likeness (QED) is 0.586. The van der Waals surface area contributed by atoms with E-state index in [9.17, 15) is 0 Å². The molecule has 0 aliphatic rings. The summed E-state index contributed by atoms with van der Waals surface area (Å²) in [5.74, 6) is 1.08. The van der Waals surface area contributed by atoms with Crippen molar-refractivity contribution in [2.75, 3.05) is 12.1 Å². The third kappa shape index (κ3) is 4.47. The summed E-state index contributed by atoms with van der Waals surface area (Å²) in [6, 6.07) is 0.683. The fourth-order valence-corrected chi connectivity index (χ4v) is 0.821. The molecule has 0 bridgehead atoms. The number of hydrogen-bond donors (Lipinski definition) is 1. The maximum Gasteiger partial charge on any atom is 0.0417 e. The molecule has 0 rings (SSSR count). The summed E-state index contributed by atoms with van der Waals surface area (Å²) in [5.41, 5.74) is 0. The van der Waals surface area contributed by atoms with Gasteiger partial charge in [0, 0.05) is 11.9 Å². The molecule has 1 N–H and O–H groups in total. The first-order valence-corrected chi connectivity index (χ1v) is 4.43. The van der Waals surface area contributed by atoms with Crippen LogP contribution in [0.2, 0.25) is 0 Å². The topological polar surface area (TPSA) is 12.0 Å². The molecule has 0 fully saturated rings. The summed E-state index contributed by atoms with van der Waals surface area (Å²) in [4.78, 5) is 0. The zero-order chi connectivity index (χ0) is 6.41. The predicted molar refractivity (Wildman–Crippen MR) is 41.3 cm³/mol. The van der Waals surface area contributed by atoms with Gasteiger partial charge in [-0.1, -0.05) is 6.92 Å². The van der Waals surface area contributed by atoms with E-state index in [1.54, 1.807) is 0 Å². The van der Waals surface area contributed by atoms with Crippen molar-refractivity contribution in [2.45, 2.75) is 26.3 Å². The predicted octanol–water partition coefficient (Wildman–Crippen LogP) is 1.70. The summed E-state index contributed by atoms with van der Waals surface area (Å²) in [7, 11) is 0. The molecule has 0 aliphatic carbocycles. The summed E-state index contributed by atoms with van der Waals surface area (Å²) >= 11 is 1.83. The minimum absolute atomic E-state index is 0.683. The van der Waals surface area contributed by atoms with Crippen molar-refractivity contribution in [3.63, 3.8) is 0 Å². The first-order chi connectivity index (χ1) is 3.81. The van der Waals surface area contributed by atoms with E-state index in [0.717, 1.165) is 5.88 Å². The van der Waals surface area contributed by atoms with Gasteiger partial charge in [-0.25, -0.2) is 0 Å². The van der Waals surface area contributed by atoms with Crippen LogP contribution >= 0.6 is 11.8 Å². The van der Waals surface area contributed by atoms with E-state index in [1.807, 2.05) is 11.8 Å². The van der Waals surface area contributed by atoms with Crippen LogP contribution in [0, 0.1) is 0 Å². The highest BCUT2D eigenvalue weighted by Crippen LogP contribution is 1.91. The molecule has 0 saturated heterocycles. The zero-order valence-corrected chi connectivity index (χ0v) is 6.72. The standard InChI is InChI=1S/C6H15NS/c1-4-6(2)7-5-8-3/h6-7H,4-5H2,1-3H3/t6-/m0/s1. The molecule has 0 aromatic rings. The van der Waals surface area contributed by atoms with Crippen LogP contribution in [0.4, 0.5) is 0 Å². The highest BCUT2D eigenvalue weighted by molar-refractivity contribution is 7.98. The van der Waals surface area contributed by atoms with E-state index in [2.05, 4.69) is 25.4 Å². The lowest BCUT2D eigenvalue weighted by Gasteiger charge is -2.07. The van der Waals surface area contributed by atoms with Gasteiger partial charge in [0.2, 0.25) is 0 Å². The SMILES string of the molecule is CC[C@H](C)NCSC. The lowest BCUT2D eigenvalue weighted by molar-refractivity contribution is 0.584. The molecular formula is C6H15NS. The van der Waals surface area contributed by atoms with Crippen LogP contribution in [0.5, 0.6) is 0 Å². The Morgan fingerprint density at radius 1 is 1.62 bits per heavy atom. The van der Waals surface area contributed by atoms with Crippen LogP contribution in [0.25, 0.3) is 0 Å². The summed E-state index contributed by atoms with van der Waals surface area (Å²) in [6.07, 6.45) is 3.33. The van der Waals surface area contributed by atoms with Crippen molar-refractivity contribution in [3.05, 3.63) is 0 Å². The average Bonchev–Trinajstić information content (AvgIpc) is 1.83. The van der Waals surface area contributed by atoms with Gasteiger partial charge in [0.1, 0.15) is 0 Å². The third-order valence-electron chi connectivity index (χ3n) is 1.19. The fraction of sp³-hybridized carbons (Fsp3) is 1.00. The van der Waals surface area contributed by atoms with Gasteiger partial charge in [0.15, 0.2) is 0 Å². The maximum atomic E-state index is 3.34. The normalized spacial score (nSPS) is 13.9. The molecule has 8 heavy (non-hydrogen) atoms. The van der Waals surface area contributed by atoms with Crippen molar-refractivity contribution in [1.82, 2.24) is 5.32 Å². The largest absolute Gasteiger partial charge is 0.305 e. The van der Waals surface area contributed by atoms with E-state index in [4.69, 9.17) is 0 Å². The van der Waals surface area contributed by atoms with E-state index < -0.39 is 0 Å². The Morgan fingerprint density at radius 2 is 2.25 bits per heavy atom. The molecule has 50 valence electrons. The summed E-state index contributed by atoms with van der Waals surface area (Å²) in [5, 5.41) is 3.34. The molecule has 0 spiro atoms. The van der Waals surface area contributed by atoms with E-state index in [-0.39, 0.29) is 0 Å². The second-order valence-electron chi connectivity index (χ2n) is 1.95. The van der Waals surface area contributed by atoms with Gasteiger partial charge >= 0.3 is 0 Å². The van der Waals surface area contributed by atoms with Crippen molar-refractivity contribution in [3.8, 4) is 0 Å². The van der Waals surface area contributed by atoms with Gasteiger partial charge in [0.25, 0.3) is 0 Å². The highest BCUT2D eigenvalue weighted by atomic mass is 32.2. The second-order valence-corrected chi connectivity index (χ2v) is 2.81. The Labute approximate surface area is 56.2 Å². The number of thioether (sulfide) groups is 1. The molecule has 0 aromatic heterocycles. The van der Waals surface area contributed by atoms with E-state index in [0.29, 0.717) is 6.04 Å². The minimum Gasteiger partial charge on any atom is -0.305 e. The van der Waals surface area contributed by atoms with Crippen LogP contribution in [0.1, 0.15) is 20.3 Å². The van der Waals surface area contributed by atoms with Gasteiger partial charge in [0.05, 0.1) is 0 Å². The van der Waals surface area contributed by atoms with Gasteiger partial charge in [-0.05, 0) is 19.6 Å². The first-order valence-electron chi connectivity index (χ1n) is 3.03. The first kappa shape index (κ1) is 8.31. The monoisotopic (exact) mass is 133 g/mol. The molecule has 1 atom stereocenters. The number of hydrogen-bond acceptors (Lipinski definition) is 2. The molecule has 0 unspecified atom stereocenters. The minimum atomic E-state index is 0.683. The maximum absolute atomic E-state index is 3.34. The Morgan fingerprint density at radius 3 is 2.62 bits per heavy atom. The lowest BCUT2D eigenvalue weighted by Crippen LogP contribution is -2.24. The van der Waals surface area contributed by atoms with E-state index >= 15 is 0 Å². The van der Waals surface area contributed by atoms with Gasteiger partial charge in [-0.3, -0.25) is 0 Å². The second kappa shape index (κ2) is 5.45. The van der Waals surface area contributed by atoms with Crippen molar-refractivity contribution < 1.29 is 0 Å². The third-order valence-corrected chi connectivity index (χ3v) is 1.64. The molecule has 2 heteroatoms. The van der Waals surface area contributed by atoms with Crippen LogP contribution < -0.4 is 5.32 Å². The molecule has 0 aromatic carbocycles. The smallest absolute Gasteiger partial charge is 0.0417 e. The fourth-order valence-electron chi connectivity index (χ4n) is 0.370. The zero-order valence-electron chi connectivity index (χ0n) is 5.90. The lowest BCUT2D eigenvalue weighted by atomic mass is 10.3. The Kier molecular flexibility index (Phi) is 5.66. The van der Waals surface area contributed by atoms with Crippen LogP contribution in [-0.2, 0) is 0 Å². The summed E-state index contributed by atoms with van der Waals surface area (Å²) in [6.45, 7) is 4.40. The van der Waals surface area contributed by atoms with Crippen LogP contribution in [-0.4, -0.2) is 18.2 Å². The summed E-state index contributed by atoms with van der Waals surface area (Å²) < 4.78 is 0. The Hall–Kier alpha value is 0.310. The molecule has 0 heterocycles. The Balaban J connectivity index is 2.86. The Bertz CT molecular complexity index is 47.8. The number of nitrogens with one attached hydrogen (secondary N) is 1. The van der Waals surface area contributed by atoms with Crippen LogP contribution in [0.15, 0.2) is 0 Å².